The summed E-state index contributed by atoms with van der Waals surface area (Å²) in [5, 5.41) is 11.6. The lowest BCUT2D eigenvalue weighted by Crippen LogP contribution is -2.05. The third kappa shape index (κ3) is 3.52. The van der Waals surface area contributed by atoms with Crippen LogP contribution in [0.2, 0.25) is 0 Å². The zero-order valence-electron chi connectivity index (χ0n) is 9.51. The highest BCUT2D eigenvalue weighted by Crippen LogP contribution is 2.15. The van der Waals surface area contributed by atoms with Crippen molar-refractivity contribution in [3.8, 4) is 5.75 Å². The average molecular weight is 250 g/mol. The van der Waals surface area contributed by atoms with Crippen molar-refractivity contribution in [3.05, 3.63) is 45.9 Å². The Morgan fingerprint density at radius 1 is 1.35 bits per heavy atom. The highest BCUT2D eigenvalue weighted by Gasteiger charge is 2.00. The van der Waals surface area contributed by atoms with E-state index in [-0.39, 0.29) is 0 Å². The van der Waals surface area contributed by atoms with Crippen LogP contribution in [0.15, 0.2) is 29.6 Å². The summed E-state index contributed by atoms with van der Waals surface area (Å²) in [4.78, 5) is 4.32. The molecule has 0 bridgehead atoms. The second-order valence-electron chi connectivity index (χ2n) is 3.63. The maximum atomic E-state index is 8.55. The fourth-order valence-corrected chi connectivity index (χ4v) is 2.02. The van der Waals surface area contributed by atoms with Gasteiger partial charge in [0.15, 0.2) is 0 Å². The Kier molecular flexibility index (Phi) is 4.08. The highest BCUT2D eigenvalue weighted by atomic mass is 32.1. The molecule has 2 aromatic rings. The van der Waals surface area contributed by atoms with Gasteiger partial charge in [0.25, 0.3) is 0 Å². The summed E-state index contributed by atoms with van der Waals surface area (Å²) in [6.45, 7) is 2.90. The lowest BCUT2D eigenvalue weighted by atomic mass is 10.2. The summed E-state index contributed by atoms with van der Waals surface area (Å²) in [5.74, 6) is 0.803. The maximum absolute atomic E-state index is 8.55. The monoisotopic (exact) mass is 250 g/mol. The number of hydrogen-bond acceptors (Lipinski definition) is 5. The van der Waals surface area contributed by atoms with Crippen LogP contribution in [-0.2, 0) is 13.2 Å². The van der Waals surface area contributed by atoms with Crippen molar-refractivity contribution < 1.29 is 9.94 Å². The number of benzene rings is 1. The number of thiazole rings is 1. The largest absolute Gasteiger partial charge is 0.487 e. The zero-order valence-corrected chi connectivity index (χ0v) is 10.3. The normalized spacial score (nSPS) is 10.5. The van der Waals surface area contributed by atoms with E-state index in [0.717, 1.165) is 22.0 Å². The van der Waals surface area contributed by atoms with Gasteiger partial charge in [0.1, 0.15) is 12.4 Å². The maximum Gasteiger partial charge on any atom is 0.131 e. The Balaban J connectivity index is 1.90. The van der Waals surface area contributed by atoms with Crippen LogP contribution in [0.5, 0.6) is 5.75 Å². The van der Waals surface area contributed by atoms with Gasteiger partial charge in [-0.2, -0.15) is 0 Å². The molecule has 17 heavy (non-hydrogen) atoms. The molecule has 0 atom stereocenters. The number of hydroxylamine groups is 1. The number of nitrogens with one attached hydrogen (secondary N) is 1. The van der Waals surface area contributed by atoms with E-state index < -0.39 is 0 Å². The number of aromatic nitrogens is 1. The molecule has 1 aromatic heterocycles. The fourth-order valence-electron chi connectivity index (χ4n) is 1.43. The van der Waals surface area contributed by atoms with Crippen LogP contribution in [0.4, 0.5) is 0 Å². The molecule has 0 radical (unpaired) electrons. The number of ether oxygens (including phenoxy) is 1. The minimum Gasteiger partial charge on any atom is -0.487 e. The zero-order chi connectivity index (χ0) is 12.1. The number of nitrogens with zero attached hydrogens (tertiary/aromatic N) is 1. The molecule has 0 aliphatic carbocycles. The first kappa shape index (κ1) is 12.0. The predicted octanol–water partition coefficient (Wildman–Crippen LogP) is 2.51. The van der Waals surface area contributed by atoms with Crippen molar-refractivity contribution in [1.82, 2.24) is 10.5 Å². The van der Waals surface area contributed by atoms with Crippen molar-refractivity contribution in [3.63, 3.8) is 0 Å². The quantitative estimate of drug-likeness (QED) is 0.801. The van der Waals surface area contributed by atoms with Crippen LogP contribution in [0.1, 0.15) is 16.3 Å². The van der Waals surface area contributed by atoms with E-state index in [1.54, 1.807) is 11.3 Å². The third-order valence-corrected chi connectivity index (χ3v) is 3.08. The van der Waals surface area contributed by atoms with Crippen molar-refractivity contribution in [2.24, 2.45) is 0 Å². The van der Waals surface area contributed by atoms with Gasteiger partial charge in [0, 0.05) is 11.9 Å². The Morgan fingerprint density at radius 3 is 2.71 bits per heavy atom. The van der Waals surface area contributed by atoms with Gasteiger partial charge in [0.2, 0.25) is 0 Å². The first-order valence-corrected chi connectivity index (χ1v) is 6.15. The Hall–Kier alpha value is -1.43. The Labute approximate surface area is 104 Å². The molecule has 0 saturated carbocycles. The molecule has 4 nitrogen and oxygen atoms in total. The molecule has 0 spiro atoms. The number of aryl methyl sites for hydroxylation is 1. The Bertz CT molecular complexity index is 468. The molecular weight excluding hydrogens is 236 g/mol. The van der Waals surface area contributed by atoms with Gasteiger partial charge < -0.3 is 9.94 Å². The molecule has 0 aliphatic heterocycles. The fraction of sp³-hybridized carbons (Fsp3) is 0.250. The van der Waals surface area contributed by atoms with Gasteiger partial charge in [-0.3, -0.25) is 0 Å². The SMILES string of the molecule is Cc1nc(COc2ccc(CNO)cc2)cs1. The van der Waals surface area contributed by atoms with Gasteiger partial charge in [-0.25, -0.2) is 10.5 Å². The lowest BCUT2D eigenvalue weighted by molar-refractivity contribution is 0.161. The van der Waals surface area contributed by atoms with E-state index in [1.807, 2.05) is 36.6 Å². The third-order valence-electron chi connectivity index (χ3n) is 2.26. The average Bonchev–Trinajstić information content (AvgIpc) is 2.75. The first-order valence-electron chi connectivity index (χ1n) is 5.27. The summed E-state index contributed by atoms with van der Waals surface area (Å²) in [6.07, 6.45) is 0. The van der Waals surface area contributed by atoms with Gasteiger partial charge in [-0.15, -0.1) is 11.3 Å². The van der Waals surface area contributed by atoms with E-state index in [0.29, 0.717) is 13.2 Å². The number of rotatable bonds is 5. The van der Waals surface area contributed by atoms with Crippen molar-refractivity contribution in [2.45, 2.75) is 20.1 Å². The molecule has 1 aromatic carbocycles. The second kappa shape index (κ2) is 5.77. The highest BCUT2D eigenvalue weighted by molar-refractivity contribution is 7.09. The molecule has 0 fully saturated rings. The molecule has 90 valence electrons. The van der Waals surface area contributed by atoms with Crippen LogP contribution in [-0.4, -0.2) is 10.2 Å². The van der Waals surface area contributed by atoms with E-state index >= 15 is 0 Å². The molecule has 0 unspecified atom stereocenters. The molecule has 0 amide bonds. The number of hydrogen-bond donors (Lipinski definition) is 2. The molecule has 0 saturated heterocycles. The summed E-state index contributed by atoms with van der Waals surface area (Å²) < 4.78 is 5.60. The Morgan fingerprint density at radius 2 is 2.12 bits per heavy atom. The lowest BCUT2D eigenvalue weighted by Gasteiger charge is -2.05. The van der Waals surface area contributed by atoms with Crippen LogP contribution >= 0.6 is 11.3 Å². The van der Waals surface area contributed by atoms with Gasteiger partial charge in [0.05, 0.1) is 10.7 Å². The summed E-state index contributed by atoms with van der Waals surface area (Å²) in [5.41, 5.74) is 4.07. The van der Waals surface area contributed by atoms with Crippen LogP contribution in [0.3, 0.4) is 0 Å². The molecular formula is C12H14N2O2S. The molecule has 5 heteroatoms. The van der Waals surface area contributed by atoms with Crippen molar-refractivity contribution in [2.75, 3.05) is 0 Å². The minimum absolute atomic E-state index is 0.436. The van der Waals surface area contributed by atoms with E-state index in [9.17, 15) is 0 Å². The van der Waals surface area contributed by atoms with Crippen LogP contribution in [0.25, 0.3) is 0 Å². The van der Waals surface area contributed by atoms with Gasteiger partial charge in [-0.1, -0.05) is 12.1 Å². The van der Waals surface area contributed by atoms with E-state index in [2.05, 4.69) is 10.5 Å². The van der Waals surface area contributed by atoms with Crippen molar-refractivity contribution >= 4 is 11.3 Å². The van der Waals surface area contributed by atoms with Gasteiger partial charge >= 0.3 is 0 Å². The standard InChI is InChI=1S/C12H14N2O2S/c1-9-14-11(8-17-9)7-16-12-4-2-10(3-5-12)6-13-15/h2-5,8,13,15H,6-7H2,1H3. The van der Waals surface area contributed by atoms with Crippen LogP contribution < -0.4 is 10.2 Å². The molecule has 1 heterocycles. The second-order valence-corrected chi connectivity index (χ2v) is 4.69. The van der Waals surface area contributed by atoms with Crippen LogP contribution in [0, 0.1) is 6.92 Å². The van der Waals surface area contributed by atoms with E-state index in [4.69, 9.17) is 9.94 Å². The topological polar surface area (TPSA) is 54.4 Å². The molecule has 0 aliphatic rings. The van der Waals surface area contributed by atoms with Gasteiger partial charge in [-0.05, 0) is 24.6 Å². The smallest absolute Gasteiger partial charge is 0.131 e. The summed E-state index contributed by atoms with van der Waals surface area (Å²) in [7, 11) is 0. The van der Waals surface area contributed by atoms with Crippen molar-refractivity contribution in [1.29, 1.82) is 0 Å². The molecule has 2 N–H and O–H groups in total. The predicted molar refractivity (Wildman–Crippen MR) is 66.3 cm³/mol. The summed E-state index contributed by atoms with van der Waals surface area (Å²) in [6, 6.07) is 7.58. The first-order chi connectivity index (χ1) is 8.28. The summed E-state index contributed by atoms with van der Waals surface area (Å²) >= 11 is 1.62. The van der Waals surface area contributed by atoms with E-state index in [1.165, 1.54) is 0 Å². The minimum atomic E-state index is 0.436. The molecule has 2 rings (SSSR count).